The van der Waals surface area contributed by atoms with E-state index in [1.165, 1.54) is 5.57 Å². The third-order valence-corrected chi connectivity index (χ3v) is 2.80. The van der Waals surface area contributed by atoms with Crippen LogP contribution < -0.4 is 5.73 Å². The molecule has 16 heavy (non-hydrogen) atoms. The van der Waals surface area contributed by atoms with Crippen LogP contribution in [0.2, 0.25) is 0 Å². The molecule has 0 bridgehead atoms. The van der Waals surface area contributed by atoms with E-state index in [1.54, 1.807) is 0 Å². The van der Waals surface area contributed by atoms with Gasteiger partial charge in [-0.2, -0.15) is 0 Å². The molecule has 1 aromatic heterocycles. The van der Waals surface area contributed by atoms with E-state index in [9.17, 15) is 0 Å². The van der Waals surface area contributed by atoms with Crippen LogP contribution in [0, 0.1) is 5.92 Å². The molecule has 0 aliphatic heterocycles. The van der Waals surface area contributed by atoms with E-state index in [0.29, 0.717) is 12.5 Å². The Hall–Kier alpha value is -1.35. The Kier molecular flexibility index (Phi) is 3.57. The smallest absolute Gasteiger partial charge is 0.0949 e. The zero-order chi connectivity index (χ0) is 11.4. The first-order valence-corrected chi connectivity index (χ1v) is 5.86. The molecule has 0 radical (unpaired) electrons. The van der Waals surface area contributed by atoms with Gasteiger partial charge in [-0.3, -0.25) is 0 Å². The van der Waals surface area contributed by atoms with Crippen LogP contribution in [0.15, 0.2) is 36.3 Å². The SMILES string of the molecule is CC1C=C(Cc2cn(CCN)cn2)C=CC1. The summed E-state index contributed by atoms with van der Waals surface area (Å²) in [5, 5.41) is 0. The Morgan fingerprint density at radius 2 is 2.44 bits per heavy atom. The zero-order valence-electron chi connectivity index (χ0n) is 9.76. The van der Waals surface area contributed by atoms with Crippen LogP contribution in [-0.2, 0) is 13.0 Å². The van der Waals surface area contributed by atoms with Gasteiger partial charge in [0.15, 0.2) is 0 Å². The summed E-state index contributed by atoms with van der Waals surface area (Å²) in [5.41, 5.74) is 8.00. The summed E-state index contributed by atoms with van der Waals surface area (Å²) in [6, 6.07) is 0. The molecule has 0 fully saturated rings. The zero-order valence-corrected chi connectivity index (χ0v) is 9.76. The number of nitrogens with two attached hydrogens (primary N) is 1. The first-order valence-electron chi connectivity index (χ1n) is 5.86. The van der Waals surface area contributed by atoms with Crippen LogP contribution in [0.4, 0.5) is 0 Å². The fourth-order valence-electron chi connectivity index (χ4n) is 2.02. The van der Waals surface area contributed by atoms with E-state index >= 15 is 0 Å². The molecule has 1 atom stereocenters. The molecular formula is C13H19N3. The van der Waals surface area contributed by atoms with Gasteiger partial charge >= 0.3 is 0 Å². The van der Waals surface area contributed by atoms with Gasteiger partial charge in [0.2, 0.25) is 0 Å². The van der Waals surface area contributed by atoms with Crippen molar-refractivity contribution >= 4 is 0 Å². The number of hydrogen-bond acceptors (Lipinski definition) is 2. The summed E-state index contributed by atoms with van der Waals surface area (Å²) in [5.74, 6) is 0.658. The van der Waals surface area contributed by atoms with E-state index < -0.39 is 0 Å². The average Bonchev–Trinajstić information content (AvgIpc) is 2.66. The van der Waals surface area contributed by atoms with E-state index in [-0.39, 0.29) is 0 Å². The van der Waals surface area contributed by atoms with Gasteiger partial charge in [0.1, 0.15) is 0 Å². The third kappa shape index (κ3) is 2.83. The molecule has 0 spiro atoms. The standard InChI is InChI=1S/C13H19N3/c1-11-3-2-4-12(7-11)8-13-9-16(6-5-14)10-15-13/h2,4,7,9-11H,3,5-6,8,14H2,1H3. The first-order chi connectivity index (χ1) is 7.78. The summed E-state index contributed by atoms with van der Waals surface area (Å²) in [4.78, 5) is 4.39. The second kappa shape index (κ2) is 5.12. The van der Waals surface area contributed by atoms with Crippen LogP contribution in [0.1, 0.15) is 19.0 Å². The van der Waals surface area contributed by atoms with Gasteiger partial charge in [-0.25, -0.2) is 4.98 Å². The van der Waals surface area contributed by atoms with Crippen molar-refractivity contribution in [3.63, 3.8) is 0 Å². The van der Waals surface area contributed by atoms with Crippen LogP contribution in [-0.4, -0.2) is 16.1 Å². The number of hydrogen-bond donors (Lipinski definition) is 1. The first kappa shape index (κ1) is 11.1. The van der Waals surface area contributed by atoms with Crippen molar-refractivity contribution in [1.82, 2.24) is 9.55 Å². The fraction of sp³-hybridized carbons (Fsp3) is 0.462. The Bertz CT molecular complexity index is 401. The predicted octanol–water partition coefficient (Wildman–Crippen LogP) is 1.91. The number of nitrogens with zero attached hydrogens (tertiary/aromatic N) is 2. The van der Waals surface area contributed by atoms with Gasteiger partial charge in [-0.15, -0.1) is 0 Å². The third-order valence-electron chi connectivity index (χ3n) is 2.80. The number of allylic oxidation sites excluding steroid dienone is 4. The maximum atomic E-state index is 5.50. The van der Waals surface area contributed by atoms with Gasteiger partial charge in [-0.05, 0) is 17.9 Å². The molecule has 0 aromatic carbocycles. The highest BCUT2D eigenvalue weighted by atomic mass is 15.0. The molecule has 1 unspecified atom stereocenters. The molecule has 1 aliphatic carbocycles. The molecule has 1 heterocycles. The van der Waals surface area contributed by atoms with Crippen molar-refractivity contribution in [3.8, 4) is 0 Å². The van der Waals surface area contributed by atoms with Gasteiger partial charge in [0, 0.05) is 25.7 Å². The monoisotopic (exact) mass is 217 g/mol. The van der Waals surface area contributed by atoms with Crippen LogP contribution in [0.5, 0.6) is 0 Å². The molecular weight excluding hydrogens is 198 g/mol. The summed E-state index contributed by atoms with van der Waals surface area (Å²) in [6.07, 6.45) is 12.8. The highest BCUT2D eigenvalue weighted by molar-refractivity contribution is 5.27. The predicted molar refractivity (Wildman–Crippen MR) is 66.0 cm³/mol. The summed E-state index contributed by atoms with van der Waals surface area (Å²) in [7, 11) is 0. The van der Waals surface area contributed by atoms with Crippen molar-refractivity contribution in [3.05, 3.63) is 42.0 Å². The summed E-state index contributed by atoms with van der Waals surface area (Å²) in [6.45, 7) is 3.75. The molecule has 0 saturated carbocycles. The van der Waals surface area contributed by atoms with Gasteiger partial charge < -0.3 is 10.3 Å². The van der Waals surface area contributed by atoms with Gasteiger partial charge in [-0.1, -0.05) is 25.2 Å². The molecule has 1 aromatic rings. The largest absolute Gasteiger partial charge is 0.336 e. The Morgan fingerprint density at radius 3 is 3.19 bits per heavy atom. The van der Waals surface area contributed by atoms with Crippen molar-refractivity contribution < 1.29 is 0 Å². The fourth-order valence-corrected chi connectivity index (χ4v) is 2.02. The van der Waals surface area contributed by atoms with Crippen molar-refractivity contribution in [1.29, 1.82) is 0 Å². The van der Waals surface area contributed by atoms with Crippen molar-refractivity contribution in [2.75, 3.05) is 6.54 Å². The van der Waals surface area contributed by atoms with Crippen LogP contribution >= 0.6 is 0 Å². The second-order valence-electron chi connectivity index (χ2n) is 4.43. The van der Waals surface area contributed by atoms with E-state index in [1.807, 2.05) is 10.9 Å². The Morgan fingerprint density at radius 1 is 1.56 bits per heavy atom. The highest BCUT2D eigenvalue weighted by Gasteiger charge is 2.06. The lowest BCUT2D eigenvalue weighted by Crippen LogP contribution is -2.07. The van der Waals surface area contributed by atoms with Crippen LogP contribution in [0.25, 0.3) is 0 Å². The molecule has 2 rings (SSSR count). The average molecular weight is 217 g/mol. The topological polar surface area (TPSA) is 43.8 Å². The maximum Gasteiger partial charge on any atom is 0.0949 e. The maximum absolute atomic E-state index is 5.50. The van der Waals surface area contributed by atoms with Crippen LogP contribution in [0.3, 0.4) is 0 Å². The highest BCUT2D eigenvalue weighted by Crippen LogP contribution is 2.18. The minimum atomic E-state index is 0.658. The molecule has 0 saturated heterocycles. The summed E-state index contributed by atoms with van der Waals surface area (Å²) < 4.78 is 2.05. The minimum Gasteiger partial charge on any atom is -0.336 e. The van der Waals surface area contributed by atoms with E-state index in [0.717, 1.165) is 25.1 Å². The van der Waals surface area contributed by atoms with Crippen molar-refractivity contribution in [2.45, 2.75) is 26.3 Å². The molecule has 0 amide bonds. The quantitative estimate of drug-likeness (QED) is 0.837. The Balaban J connectivity index is 2.00. The number of aromatic nitrogens is 2. The second-order valence-corrected chi connectivity index (χ2v) is 4.43. The lowest BCUT2D eigenvalue weighted by molar-refractivity contribution is 0.706. The molecule has 3 heteroatoms. The van der Waals surface area contributed by atoms with Crippen molar-refractivity contribution in [2.24, 2.45) is 11.7 Å². The molecule has 3 nitrogen and oxygen atoms in total. The van der Waals surface area contributed by atoms with Gasteiger partial charge in [0.25, 0.3) is 0 Å². The lowest BCUT2D eigenvalue weighted by atomic mass is 9.96. The lowest BCUT2D eigenvalue weighted by Gasteiger charge is -2.10. The normalized spacial score (nSPS) is 19.9. The Labute approximate surface area is 96.7 Å². The molecule has 86 valence electrons. The number of imidazole rings is 1. The van der Waals surface area contributed by atoms with E-state index in [2.05, 4.69) is 36.3 Å². The number of rotatable bonds is 4. The minimum absolute atomic E-state index is 0.658. The van der Waals surface area contributed by atoms with Gasteiger partial charge in [0.05, 0.1) is 12.0 Å². The van der Waals surface area contributed by atoms with E-state index in [4.69, 9.17) is 5.73 Å². The molecule has 1 aliphatic rings. The molecule has 2 N–H and O–H groups in total. The summed E-state index contributed by atoms with van der Waals surface area (Å²) >= 11 is 0.